The van der Waals surface area contributed by atoms with Gasteiger partial charge in [-0.25, -0.2) is 4.79 Å². The van der Waals surface area contributed by atoms with Crippen LogP contribution in [0.3, 0.4) is 0 Å². The van der Waals surface area contributed by atoms with Crippen molar-refractivity contribution in [1.82, 2.24) is 25.1 Å². The van der Waals surface area contributed by atoms with E-state index in [0.717, 1.165) is 58.7 Å². The van der Waals surface area contributed by atoms with Gasteiger partial charge in [0, 0.05) is 29.4 Å². The summed E-state index contributed by atoms with van der Waals surface area (Å²) < 4.78 is 5.49. The summed E-state index contributed by atoms with van der Waals surface area (Å²) >= 11 is 0. The van der Waals surface area contributed by atoms with E-state index >= 15 is 0 Å². The molecule has 3 aromatic heterocycles. The quantitative estimate of drug-likeness (QED) is 0.463. The van der Waals surface area contributed by atoms with Gasteiger partial charge in [-0.2, -0.15) is 5.10 Å². The number of hydrogen-bond acceptors (Lipinski definition) is 6. The van der Waals surface area contributed by atoms with E-state index in [-0.39, 0.29) is 5.97 Å². The lowest BCUT2D eigenvalue weighted by Gasteiger charge is -2.14. The van der Waals surface area contributed by atoms with E-state index < -0.39 is 0 Å². The highest BCUT2D eigenvalue weighted by Gasteiger charge is 2.15. The van der Waals surface area contributed by atoms with Crippen LogP contribution in [-0.2, 0) is 4.74 Å². The molecule has 5 rings (SSSR count). The number of aryl methyl sites for hydroxylation is 1. The number of pyridine rings is 2. The van der Waals surface area contributed by atoms with Gasteiger partial charge in [0.1, 0.15) is 6.61 Å². The Bertz CT molecular complexity index is 1260. The van der Waals surface area contributed by atoms with Gasteiger partial charge in [0.2, 0.25) is 0 Å². The molecule has 1 fully saturated rings. The van der Waals surface area contributed by atoms with E-state index in [1.165, 1.54) is 12.8 Å². The lowest BCUT2D eigenvalue weighted by atomic mass is 10.0. The number of hydrogen-bond donors (Lipinski definition) is 1. The summed E-state index contributed by atoms with van der Waals surface area (Å²) in [7, 11) is 0. The average Bonchev–Trinajstić information content (AvgIpc) is 3.50. The molecule has 0 atom stereocenters. The number of fused-ring (bicyclic) bond motifs is 1. The van der Waals surface area contributed by atoms with Gasteiger partial charge in [0.25, 0.3) is 0 Å². The Morgan fingerprint density at radius 1 is 1.12 bits per heavy atom. The van der Waals surface area contributed by atoms with Crippen molar-refractivity contribution in [2.75, 3.05) is 26.2 Å². The minimum atomic E-state index is -0.336. The summed E-state index contributed by atoms with van der Waals surface area (Å²) in [6, 6.07) is 13.7. The lowest BCUT2D eigenvalue weighted by molar-refractivity contribution is 0.0472. The van der Waals surface area contributed by atoms with Crippen LogP contribution < -0.4 is 0 Å². The number of benzene rings is 1. The van der Waals surface area contributed by atoms with Gasteiger partial charge < -0.3 is 4.74 Å². The molecule has 0 spiro atoms. The van der Waals surface area contributed by atoms with E-state index in [1.807, 2.05) is 49.4 Å². The molecule has 7 heteroatoms. The summed E-state index contributed by atoms with van der Waals surface area (Å²) in [5.41, 5.74) is 5.85. The maximum Gasteiger partial charge on any atom is 0.339 e. The molecule has 0 amide bonds. The van der Waals surface area contributed by atoms with Crippen LogP contribution in [0, 0.1) is 6.92 Å². The third kappa shape index (κ3) is 4.24. The topological polar surface area (TPSA) is 84.0 Å². The Kier molecular flexibility index (Phi) is 5.64. The monoisotopic (exact) mass is 427 g/mol. The van der Waals surface area contributed by atoms with Gasteiger partial charge in [-0.1, -0.05) is 12.1 Å². The van der Waals surface area contributed by atoms with Crippen molar-refractivity contribution in [2.45, 2.75) is 19.8 Å². The van der Waals surface area contributed by atoms with Crippen LogP contribution in [0.2, 0.25) is 0 Å². The summed E-state index contributed by atoms with van der Waals surface area (Å²) in [5.74, 6) is -0.336. The zero-order valence-corrected chi connectivity index (χ0v) is 18.0. The third-order valence-corrected chi connectivity index (χ3v) is 5.85. The van der Waals surface area contributed by atoms with Crippen LogP contribution >= 0.6 is 0 Å². The van der Waals surface area contributed by atoms with Gasteiger partial charge >= 0.3 is 5.97 Å². The Morgan fingerprint density at radius 3 is 2.84 bits per heavy atom. The molecule has 1 aliphatic heterocycles. The molecule has 0 unspecified atom stereocenters. The first-order valence-electron chi connectivity index (χ1n) is 10.9. The van der Waals surface area contributed by atoms with Gasteiger partial charge in [0.05, 0.1) is 28.7 Å². The molecule has 1 saturated heterocycles. The van der Waals surface area contributed by atoms with Crippen molar-refractivity contribution >= 4 is 16.9 Å². The van der Waals surface area contributed by atoms with Crippen LogP contribution in [0.4, 0.5) is 0 Å². The zero-order valence-electron chi connectivity index (χ0n) is 18.0. The second-order valence-corrected chi connectivity index (χ2v) is 8.14. The minimum absolute atomic E-state index is 0.336. The van der Waals surface area contributed by atoms with E-state index in [1.54, 1.807) is 12.4 Å². The normalized spacial score (nSPS) is 14.2. The van der Waals surface area contributed by atoms with Crippen LogP contribution in [0.25, 0.3) is 33.4 Å². The first kappa shape index (κ1) is 20.3. The fourth-order valence-electron chi connectivity index (χ4n) is 4.15. The molecule has 1 aromatic carbocycles. The Labute approximate surface area is 186 Å². The van der Waals surface area contributed by atoms with E-state index in [9.17, 15) is 4.79 Å². The largest absolute Gasteiger partial charge is 0.461 e. The minimum Gasteiger partial charge on any atom is -0.461 e. The number of carbonyl (C=O) groups is 1. The van der Waals surface area contributed by atoms with Crippen molar-refractivity contribution in [2.24, 2.45) is 0 Å². The molecule has 0 saturated carbocycles. The van der Waals surface area contributed by atoms with Crippen LogP contribution in [-0.4, -0.2) is 57.3 Å². The highest BCUT2D eigenvalue weighted by molar-refractivity contribution is 5.95. The number of H-pyrrole nitrogens is 1. The van der Waals surface area contributed by atoms with E-state index in [2.05, 4.69) is 25.1 Å². The predicted molar refractivity (Wildman–Crippen MR) is 123 cm³/mol. The zero-order chi connectivity index (χ0) is 21.9. The maximum absolute atomic E-state index is 12.5. The van der Waals surface area contributed by atoms with Crippen molar-refractivity contribution in [1.29, 1.82) is 0 Å². The fourth-order valence-corrected chi connectivity index (χ4v) is 4.15. The van der Waals surface area contributed by atoms with Gasteiger partial charge in [-0.15, -0.1) is 0 Å². The van der Waals surface area contributed by atoms with Crippen molar-refractivity contribution in [3.8, 4) is 22.5 Å². The number of nitrogens with one attached hydrogen (secondary N) is 1. The highest BCUT2D eigenvalue weighted by Crippen LogP contribution is 2.31. The summed E-state index contributed by atoms with van der Waals surface area (Å²) in [4.78, 5) is 23.9. The van der Waals surface area contributed by atoms with Crippen LogP contribution in [0.15, 0.2) is 54.9 Å². The molecule has 1 aliphatic rings. The second-order valence-electron chi connectivity index (χ2n) is 8.14. The number of carbonyl (C=O) groups excluding carboxylic acids is 1. The average molecular weight is 428 g/mol. The van der Waals surface area contributed by atoms with Gasteiger partial charge in [-0.3, -0.25) is 20.0 Å². The smallest absolute Gasteiger partial charge is 0.339 e. The van der Waals surface area contributed by atoms with Crippen LogP contribution in [0.1, 0.15) is 28.9 Å². The Hall–Kier alpha value is -3.58. The molecular weight excluding hydrogens is 402 g/mol. The SMILES string of the molecule is Cc1cccc(-c2[nH]ncc2-c2ccc3ncc(C(=O)OCCN4CCCC4)cc3c2)n1. The molecule has 162 valence electrons. The van der Waals surface area contributed by atoms with E-state index in [0.29, 0.717) is 12.2 Å². The lowest BCUT2D eigenvalue weighted by Crippen LogP contribution is -2.25. The number of nitrogens with zero attached hydrogens (tertiary/aromatic N) is 4. The van der Waals surface area contributed by atoms with Crippen molar-refractivity contribution < 1.29 is 9.53 Å². The second kappa shape index (κ2) is 8.88. The predicted octanol–water partition coefficient (Wildman–Crippen LogP) is 4.25. The first-order chi connectivity index (χ1) is 15.7. The van der Waals surface area contributed by atoms with Gasteiger partial charge in [-0.05, 0) is 68.8 Å². The number of likely N-dealkylation sites (tertiary alicyclic amines) is 1. The number of aromatic nitrogens is 4. The molecule has 0 radical (unpaired) electrons. The third-order valence-electron chi connectivity index (χ3n) is 5.85. The number of esters is 1. The molecule has 0 bridgehead atoms. The van der Waals surface area contributed by atoms with Crippen molar-refractivity contribution in [3.63, 3.8) is 0 Å². The molecular formula is C25H25N5O2. The molecule has 32 heavy (non-hydrogen) atoms. The Morgan fingerprint density at radius 2 is 2.00 bits per heavy atom. The first-order valence-corrected chi connectivity index (χ1v) is 10.9. The standard InChI is InChI=1S/C25H25N5O2/c1-17-5-4-6-23(28-17)24-21(16-27-29-24)18-7-8-22-19(13-18)14-20(15-26-22)25(31)32-12-11-30-9-2-3-10-30/h4-8,13-16H,2-3,9-12H2,1H3,(H,27,29). The summed E-state index contributed by atoms with van der Waals surface area (Å²) in [6.07, 6.45) is 5.83. The molecule has 4 heterocycles. The van der Waals surface area contributed by atoms with Crippen LogP contribution in [0.5, 0.6) is 0 Å². The molecule has 4 aromatic rings. The molecule has 7 nitrogen and oxygen atoms in total. The number of aromatic amines is 1. The van der Waals surface area contributed by atoms with Crippen molar-refractivity contribution in [3.05, 3.63) is 66.1 Å². The Balaban J connectivity index is 1.38. The molecule has 0 aliphatic carbocycles. The number of ether oxygens (including phenoxy) is 1. The van der Waals surface area contributed by atoms with Gasteiger partial charge in [0.15, 0.2) is 0 Å². The fraction of sp³-hybridized carbons (Fsp3) is 0.280. The molecule has 1 N–H and O–H groups in total. The highest BCUT2D eigenvalue weighted by atomic mass is 16.5. The number of rotatable bonds is 6. The summed E-state index contributed by atoms with van der Waals surface area (Å²) in [5, 5.41) is 8.18. The maximum atomic E-state index is 12.5. The van der Waals surface area contributed by atoms with E-state index in [4.69, 9.17) is 4.74 Å². The summed E-state index contributed by atoms with van der Waals surface area (Å²) in [6.45, 7) is 5.33.